The zero-order valence-electron chi connectivity index (χ0n) is 8.86. The molecular weight excluding hydrogens is 239 g/mol. The standard InChI is InChI=1S/C10H12F3NO3/c1-4(14)7(15)5-2-3-6(10(11,12)13)9(17)8(5)16/h2-4,7,15-17H,14H2,1H3. The lowest BCUT2D eigenvalue weighted by Gasteiger charge is -2.18. The van der Waals surface area contributed by atoms with Crippen LogP contribution in [0.1, 0.15) is 24.2 Å². The summed E-state index contributed by atoms with van der Waals surface area (Å²) in [5.41, 5.74) is 3.74. The monoisotopic (exact) mass is 251 g/mol. The summed E-state index contributed by atoms with van der Waals surface area (Å²) >= 11 is 0. The van der Waals surface area contributed by atoms with Crippen molar-refractivity contribution in [1.82, 2.24) is 0 Å². The first-order valence-corrected chi connectivity index (χ1v) is 4.72. The molecule has 0 amide bonds. The van der Waals surface area contributed by atoms with Crippen molar-refractivity contribution >= 4 is 0 Å². The number of hydrogen-bond donors (Lipinski definition) is 4. The highest BCUT2D eigenvalue weighted by atomic mass is 19.4. The molecule has 0 aliphatic heterocycles. The fourth-order valence-corrected chi connectivity index (χ4v) is 1.35. The van der Waals surface area contributed by atoms with Gasteiger partial charge in [0.1, 0.15) is 5.56 Å². The Labute approximate surface area is 95.1 Å². The van der Waals surface area contributed by atoms with E-state index in [9.17, 15) is 28.5 Å². The van der Waals surface area contributed by atoms with Gasteiger partial charge in [-0.05, 0) is 13.0 Å². The summed E-state index contributed by atoms with van der Waals surface area (Å²) < 4.78 is 37.1. The van der Waals surface area contributed by atoms with Crippen LogP contribution in [0.25, 0.3) is 0 Å². The van der Waals surface area contributed by atoms with E-state index in [4.69, 9.17) is 5.73 Å². The minimum absolute atomic E-state index is 0.245. The summed E-state index contributed by atoms with van der Waals surface area (Å²) in [5.74, 6) is -2.32. The molecule has 2 unspecified atom stereocenters. The van der Waals surface area contributed by atoms with Gasteiger partial charge in [0, 0.05) is 11.6 Å². The zero-order valence-corrected chi connectivity index (χ0v) is 8.86. The van der Waals surface area contributed by atoms with Gasteiger partial charge >= 0.3 is 6.18 Å². The van der Waals surface area contributed by atoms with Crippen molar-refractivity contribution in [2.24, 2.45) is 5.73 Å². The molecule has 4 nitrogen and oxygen atoms in total. The summed E-state index contributed by atoms with van der Waals surface area (Å²) in [4.78, 5) is 0. The maximum absolute atomic E-state index is 12.4. The number of hydrogen-bond acceptors (Lipinski definition) is 4. The SMILES string of the molecule is CC(N)C(O)c1ccc(C(F)(F)F)c(O)c1O. The number of benzene rings is 1. The Morgan fingerprint density at radius 1 is 1.18 bits per heavy atom. The molecule has 0 aromatic heterocycles. The van der Waals surface area contributed by atoms with Gasteiger partial charge in [0.05, 0.1) is 6.10 Å². The van der Waals surface area contributed by atoms with Crippen molar-refractivity contribution < 1.29 is 28.5 Å². The molecule has 0 saturated heterocycles. The quantitative estimate of drug-likeness (QED) is 0.600. The number of halogens is 3. The van der Waals surface area contributed by atoms with Crippen LogP contribution in [0.3, 0.4) is 0 Å². The van der Waals surface area contributed by atoms with Crippen LogP contribution in [-0.4, -0.2) is 21.4 Å². The number of aliphatic hydroxyl groups is 1. The van der Waals surface area contributed by atoms with E-state index in [1.165, 1.54) is 6.92 Å². The first-order valence-electron chi connectivity index (χ1n) is 4.72. The third-order valence-corrected chi connectivity index (χ3v) is 2.30. The topological polar surface area (TPSA) is 86.7 Å². The molecule has 17 heavy (non-hydrogen) atoms. The molecule has 0 radical (unpaired) electrons. The van der Waals surface area contributed by atoms with E-state index >= 15 is 0 Å². The lowest BCUT2D eigenvalue weighted by atomic mass is 10.00. The Hall–Kier alpha value is -1.47. The number of phenols is 2. The van der Waals surface area contributed by atoms with E-state index in [1.54, 1.807) is 0 Å². The molecule has 0 aliphatic carbocycles. The zero-order chi connectivity index (χ0) is 13.4. The van der Waals surface area contributed by atoms with Gasteiger partial charge in [-0.2, -0.15) is 13.2 Å². The maximum Gasteiger partial charge on any atom is 0.420 e. The number of aromatic hydroxyl groups is 2. The van der Waals surface area contributed by atoms with Gasteiger partial charge in [-0.25, -0.2) is 0 Å². The Balaban J connectivity index is 3.29. The van der Waals surface area contributed by atoms with Crippen LogP contribution in [0.15, 0.2) is 12.1 Å². The molecule has 0 saturated carbocycles. The molecule has 2 atom stereocenters. The Morgan fingerprint density at radius 2 is 1.71 bits per heavy atom. The van der Waals surface area contributed by atoms with Crippen LogP contribution in [-0.2, 0) is 6.18 Å². The average Bonchev–Trinajstić information content (AvgIpc) is 2.19. The van der Waals surface area contributed by atoms with Crippen LogP contribution in [0.2, 0.25) is 0 Å². The smallest absolute Gasteiger partial charge is 0.420 e. The maximum atomic E-state index is 12.4. The highest BCUT2D eigenvalue weighted by molar-refractivity contribution is 5.52. The van der Waals surface area contributed by atoms with E-state index in [1.807, 2.05) is 0 Å². The van der Waals surface area contributed by atoms with Gasteiger partial charge in [-0.15, -0.1) is 0 Å². The molecule has 0 spiro atoms. The predicted octanol–water partition coefficient (Wildman–Crippen LogP) is 1.50. The van der Waals surface area contributed by atoms with Gasteiger partial charge in [-0.1, -0.05) is 6.07 Å². The number of rotatable bonds is 2. The first-order chi connectivity index (χ1) is 7.66. The molecule has 1 aromatic carbocycles. The Bertz CT molecular complexity index is 418. The minimum atomic E-state index is -4.78. The lowest BCUT2D eigenvalue weighted by Crippen LogP contribution is -2.24. The largest absolute Gasteiger partial charge is 0.504 e. The van der Waals surface area contributed by atoms with Crippen LogP contribution in [0.4, 0.5) is 13.2 Å². The molecule has 0 aliphatic rings. The fourth-order valence-electron chi connectivity index (χ4n) is 1.35. The van der Waals surface area contributed by atoms with Crippen molar-refractivity contribution in [2.75, 3.05) is 0 Å². The molecule has 1 rings (SSSR count). The summed E-state index contributed by atoms with van der Waals surface area (Å²) in [7, 11) is 0. The molecule has 1 aromatic rings. The van der Waals surface area contributed by atoms with E-state index in [0.29, 0.717) is 6.07 Å². The van der Waals surface area contributed by atoms with E-state index in [2.05, 4.69) is 0 Å². The predicted molar refractivity (Wildman–Crippen MR) is 53.4 cm³/mol. The van der Waals surface area contributed by atoms with Gasteiger partial charge in [-0.3, -0.25) is 0 Å². The second-order valence-corrected chi connectivity index (χ2v) is 3.70. The summed E-state index contributed by atoms with van der Waals surface area (Å²) in [6, 6.07) is 0.666. The molecule has 96 valence electrons. The Kier molecular flexibility index (Phi) is 3.53. The summed E-state index contributed by atoms with van der Waals surface area (Å²) in [5, 5.41) is 28.1. The summed E-state index contributed by atoms with van der Waals surface area (Å²) in [6.45, 7) is 1.42. The lowest BCUT2D eigenvalue weighted by molar-refractivity contribution is -0.138. The van der Waals surface area contributed by atoms with E-state index in [-0.39, 0.29) is 5.56 Å². The third kappa shape index (κ3) is 2.62. The van der Waals surface area contributed by atoms with Gasteiger partial charge in [0.2, 0.25) is 0 Å². The van der Waals surface area contributed by atoms with Crippen LogP contribution >= 0.6 is 0 Å². The number of aliphatic hydroxyl groups excluding tert-OH is 1. The van der Waals surface area contributed by atoms with Gasteiger partial charge < -0.3 is 21.1 Å². The highest BCUT2D eigenvalue weighted by Gasteiger charge is 2.36. The van der Waals surface area contributed by atoms with Gasteiger partial charge in [0.25, 0.3) is 0 Å². The molecule has 0 fully saturated rings. The molecule has 7 heteroatoms. The van der Waals surface area contributed by atoms with Crippen molar-refractivity contribution in [1.29, 1.82) is 0 Å². The number of phenolic OH excluding ortho intramolecular Hbond substituents is 2. The minimum Gasteiger partial charge on any atom is -0.504 e. The van der Waals surface area contributed by atoms with Crippen molar-refractivity contribution in [3.05, 3.63) is 23.3 Å². The Morgan fingerprint density at radius 3 is 2.12 bits per heavy atom. The molecule has 0 heterocycles. The average molecular weight is 251 g/mol. The van der Waals surface area contributed by atoms with Crippen molar-refractivity contribution in [2.45, 2.75) is 25.2 Å². The van der Waals surface area contributed by atoms with Crippen LogP contribution < -0.4 is 5.73 Å². The normalized spacial score (nSPS) is 15.6. The van der Waals surface area contributed by atoms with Crippen LogP contribution in [0, 0.1) is 0 Å². The third-order valence-electron chi connectivity index (χ3n) is 2.30. The number of nitrogens with two attached hydrogens (primary N) is 1. The molecule has 5 N–H and O–H groups in total. The van der Waals surface area contributed by atoms with E-state index < -0.39 is 35.4 Å². The molecular formula is C10H12F3NO3. The van der Waals surface area contributed by atoms with Crippen molar-refractivity contribution in [3.63, 3.8) is 0 Å². The fraction of sp³-hybridized carbons (Fsp3) is 0.400. The number of alkyl halides is 3. The summed E-state index contributed by atoms with van der Waals surface area (Å²) in [6.07, 6.45) is -6.14. The highest BCUT2D eigenvalue weighted by Crippen LogP contribution is 2.43. The van der Waals surface area contributed by atoms with Gasteiger partial charge in [0.15, 0.2) is 11.5 Å². The van der Waals surface area contributed by atoms with Crippen molar-refractivity contribution in [3.8, 4) is 11.5 Å². The molecule has 0 bridgehead atoms. The first kappa shape index (κ1) is 13.6. The van der Waals surface area contributed by atoms with Crippen LogP contribution in [0.5, 0.6) is 11.5 Å². The van der Waals surface area contributed by atoms with E-state index in [0.717, 1.165) is 6.07 Å². The second-order valence-electron chi connectivity index (χ2n) is 3.70. The second kappa shape index (κ2) is 4.42.